The number of ether oxygens (including phenoxy) is 1. The second-order valence-electron chi connectivity index (χ2n) is 7.16. The maximum Gasteiger partial charge on any atom is 0.153 e. The zero-order valence-electron chi connectivity index (χ0n) is 15.0. The van der Waals surface area contributed by atoms with E-state index in [-0.39, 0.29) is 0 Å². The smallest absolute Gasteiger partial charge is 0.153 e. The normalized spacial score (nSPS) is 22.2. The van der Waals surface area contributed by atoms with E-state index in [1.165, 1.54) is 32.4 Å². The molecule has 1 unspecified atom stereocenters. The van der Waals surface area contributed by atoms with Crippen LogP contribution in [0.5, 0.6) is 0 Å². The van der Waals surface area contributed by atoms with Crippen molar-refractivity contribution in [2.45, 2.75) is 31.6 Å². The summed E-state index contributed by atoms with van der Waals surface area (Å²) in [5.74, 6) is 2.66. The van der Waals surface area contributed by atoms with Gasteiger partial charge in [-0.25, -0.2) is 9.97 Å². The largest absolute Gasteiger partial charge is 0.381 e. The average molecular weight is 354 g/mol. The lowest BCUT2D eigenvalue weighted by Gasteiger charge is -2.36. The first-order chi connectivity index (χ1) is 12.9. The standard InChI is InChI=1S/C19H26N6O/c1-2-16(14-25(9-1)13-15-3-10-26-11-4-15)18-19(23-8-7-22-18)24-17-12-20-5-6-21-17/h5-8,12,15-16H,1-4,9-11,13-14H2,(H,21,23,24). The van der Waals surface area contributed by atoms with Crippen molar-refractivity contribution in [2.75, 3.05) is 38.2 Å². The Morgan fingerprint density at radius 3 is 2.73 bits per heavy atom. The molecule has 0 bridgehead atoms. The van der Waals surface area contributed by atoms with E-state index in [1.807, 2.05) is 0 Å². The second-order valence-corrected chi connectivity index (χ2v) is 7.16. The van der Waals surface area contributed by atoms with E-state index < -0.39 is 0 Å². The van der Waals surface area contributed by atoms with Gasteiger partial charge >= 0.3 is 0 Å². The molecule has 7 nitrogen and oxygen atoms in total. The number of hydrogen-bond donors (Lipinski definition) is 1. The number of rotatable bonds is 5. The number of nitrogens with one attached hydrogen (secondary N) is 1. The predicted octanol–water partition coefficient (Wildman–Crippen LogP) is 2.62. The number of anilines is 2. The van der Waals surface area contributed by atoms with Gasteiger partial charge in [-0.15, -0.1) is 0 Å². The van der Waals surface area contributed by atoms with Gasteiger partial charge in [0.1, 0.15) is 5.82 Å². The zero-order valence-corrected chi connectivity index (χ0v) is 15.0. The minimum Gasteiger partial charge on any atom is -0.381 e. The van der Waals surface area contributed by atoms with Crippen molar-refractivity contribution in [2.24, 2.45) is 5.92 Å². The van der Waals surface area contributed by atoms with E-state index >= 15 is 0 Å². The van der Waals surface area contributed by atoms with E-state index in [4.69, 9.17) is 4.74 Å². The molecule has 0 radical (unpaired) electrons. The molecule has 2 aromatic heterocycles. The lowest BCUT2D eigenvalue weighted by Crippen LogP contribution is -2.39. The van der Waals surface area contributed by atoms with E-state index in [9.17, 15) is 0 Å². The van der Waals surface area contributed by atoms with Gasteiger partial charge in [0.05, 0.1) is 11.9 Å². The van der Waals surface area contributed by atoms with Gasteiger partial charge in [-0.2, -0.15) is 0 Å². The first kappa shape index (κ1) is 17.3. The Hall–Kier alpha value is -2.12. The summed E-state index contributed by atoms with van der Waals surface area (Å²) >= 11 is 0. The van der Waals surface area contributed by atoms with E-state index in [0.29, 0.717) is 11.7 Å². The summed E-state index contributed by atoms with van der Waals surface area (Å²) in [5.41, 5.74) is 1.04. The van der Waals surface area contributed by atoms with Gasteiger partial charge in [-0.05, 0) is 38.1 Å². The van der Waals surface area contributed by atoms with Gasteiger partial charge in [-0.1, -0.05) is 0 Å². The van der Waals surface area contributed by atoms with E-state index in [0.717, 1.165) is 43.6 Å². The van der Waals surface area contributed by atoms with Gasteiger partial charge in [0.25, 0.3) is 0 Å². The number of nitrogens with zero attached hydrogens (tertiary/aromatic N) is 5. The molecular formula is C19H26N6O. The lowest BCUT2D eigenvalue weighted by atomic mass is 9.92. The van der Waals surface area contributed by atoms with Crippen LogP contribution in [0.3, 0.4) is 0 Å². The summed E-state index contributed by atoms with van der Waals surface area (Å²) in [5, 5.41) is 3.28. The third kappa shape index (κ3) is 4.34. The van der Waals surface area contributed by atoms with Crippen LogP contribution in [0.4, 0.5) is 11.6 Å². The van der Waals surface area contributed by atoms with Crippen molar-refractivity contribution in [3.8, 4) is 0 Å². The highest BCUT2D eigenvalue weighted by atomic mass is 16.5. The Kier molecular flexibility index (Phi) is 5.66. The molecule has 0 amide bonds. The van der Waals surface area contributed by atoms with Crippen LogP contribution in [0.15, 0.2) is 31.0 Å². The number of piperidine rings is 1. The molecule has 2 aliphatic heterocycles. The quantitative estimate of drug-likeness (QED) is 0.884. The van der Waals surface area contributed by atoms with Crippen LogP contribution in [0.2, 0.25) is 0 Å². The monoisotopic (exact) mass is 354 g/mol. The molecule has 2 fully saturated rings. The first-order valence-electron chi connectivity index (χ1n) is 9.52. The summed E-state index contributed by atoms with van der Waals surface area (Å²) in [6.07, 6.45) is 13.3. The minimum absolute atomic E-state index is 0.400. The molecule has 0 aliphatic carbocycles. The molecule has 138 valence electrons. The highest BCUT2D eigenvalue weighted by Crippen LogP contribution is 2.31. The fraction of sp³-hybridized carbons (Fsp3) is 0.579. The van der Waals surface area contributed by atoms with Gasteiger partial charge in [-0.3, -0.25) is 9.97 Å². The van der Waals surface area contributed by atoms with Crippen LogP contribution in [-0.4, -0.2) is 57.7 Å². The first-order valence-corrected chi connectivity index (χ1v) is 9.52. The molecule has 1 N–H and O–H groups in total. The fourth-order valence-electron chi connectivity index (χ4n) is 3.97. The van der Waals surface area contributed by atoms with Crippen LogP contribution in [0.1, 0.15) is 37.3 Å². The Labute approximate surface area is 154 Å². The molecule has 4 heterocycles. The average Bonchev–Trinajstić information content (AvgIpc) is 2.70. The Bertz CT molecular complexity index is 691. The molecule has 2 saturated heterocycles. The Morgan fingerprint density at radius 1 is 1.04 bits per heavy atom. The number of aromatic nitrogens is 4. The molecule has 0 aromatic carbocycles. The third-order valence-corrected chi connectivity index (χ3v) is 5.29. The molecular weight excluding hydrogens is 328 g/mol. The molecule has 4 rings (SSSR count). The Balaban J connectivity index is 1.44. The van der Waals surface area contributed by atoms with E-state index in [2.05, 4.69) is 30.2 Å². The SMILES string of the molecule is c1cnc(Nc2nccnc2C2CCCN(CC3CCOCC3)C2)cn1. The zero-order chi connectivity index (χ0) is 17.6. The van der Waals surface area contributed by atoms with Crippen molar-refractivity contribution in [3.63, 3.8) is 0 Å². The van der Waals surface area contributed by atoms with Gasteiger partial charge < -0.3 is 15.0 Å². The summed E-state index contributed by atoms with van der Waals surface area (Å²) < 4.78 is 5.50. The molecule has 26 heavy (non-hydrogen) atoms. The van der Waals surface area contributed by atoms with Crippen LogP contribution in [-0.2, 0) is 4.74 Å². The molecule has 7 heteroatoms. The Morgan fingerprint density at radius 2 is 1.88 bits per heavy atom. The number of likely N-dealkylation sites (tertiary alicyclic amines) is 1. The van der Waals surface area contributed by atoms with Crippen molar-refractivity contribution < 1.29 is 4.74 Å². The molecule has 2 aliphatic rings. The van der Waals surface area contributed by atoms with Crippen LogP contribution >= 0.6 is 0 Å². The predicted molar refractivity (Wildman–Crippen MR) is 99.3 cm³/mol. The summed E-state index contributed by atoms with van der Waals surface area (Å²) in [4.78, 5) is 20.2. The van der Waals surface area contributed by atoms with Gasteiger partial charge in [0, 0.05) is 57.0 Å². The maximum atomic E-state index is 5.50. The highest BCUT2D eigenvalue weighted by molar-refractivity contribution is 5.53. The summed E-state index contributed by atoms with van der Waals surface area (Å²) in [6.45, 7) is 5.23. The van der Waals surface area contributed by atoms with Crippen molar-refractivity contribution in [1.82, 2.24) is 24.8 Å². The minimum atomic E-state index is 0.400. The summed E-state index contributed by atoms with van der Waals surface area (Å²) in [7, 11) is 0. The summed E-state index contributed by atoms with van der Waals surface area (Å²) in [6, 6.07) is 0. The van der Waals surface area contributed by atoms with Crippen LogP contribution in [0, 0.1) is 5.92 Å². The van der Waals surface area contributed by atoms with Gasteiger partial charge in [0.2, 0.25) is 0 Å². The van der Waals surface area contributed by atoms with E-state index in [1.54, 1.807) is 31.0 Å². The maximum absolute atomic E-state index is 5.50. The molecule has 0 spiro atoms. The lowest BCUT2D eigenvalue weighted by molar-refractivity contribution is 0.0482. The van der Waals surface area contributed by atoms with Crippen molar-refractivity contribution in [1.29, 1.82) is 0 Å². The van der Waals surface area contributed by atoms with Crippen LogP contribution in [0.25, 0.3) is 0 Å². The van der Waals surface area contributed by atoms with Crippen molar-refractivity contribution >= 4 is 11.6 Å². The fourth-order valence-corrected chi connectivity index (χ4v) is 3.97. The van der Waals surface area contributed by atoms with Crippen LogP contribution < -0.4 is 5.32 Å². The molecule has 2 aromatic rings. The molecule has 0 saturated carbocycles. The second kappa shape index (κ2) is 8.51. The number of hydrogen-bond acceptors (Lipinski definition) is 7. The van der Waals surface area contributed by atoms with Gasteiger partial charge in [0.15, 0.2) is 5.82 Å². The highest BCUT2D eigenvalue weighted by Gasteiger charge is 2.27. The third-order valence-electron chi connectivity index (χ3n) is 5.29. The van der Waals surface area contributed by atoms with Crippen molar-refractivity contribution in [3.05, 3.63) is 36.7 Å². The topological polar surface area (TPSA) is 76.1 Å². The molecule has 1 atom stereocenters.